The third kappa shape index (κ3) is 8.30. The summed E-state index contributed by atoms with van der Waals surface area (Å²) in [6.07, 6.45) is 9.44. The van der Waals surface area contributed by atoms with Crippen LogP contribution in [0.2, 0.25) is 0 Å². The average molecular weight is 447 g/mol. The fourth-order valence-corrected chi connectivity index (χ4v) is 3.51. The average Bonchev–Trinajstić information content (AvgIpc) is 2.76. The van der Waals surface area contributed by atoms with Gasteiger partial charge >= 0.3 is 5.97 Å². The maximum Gasteiger partial charge on any atom is 0.341 e. The zero-order chi connectivity index (χ0) is 23.3. The summed E-state index contributed by atoms with van der Waals surface area (Å²) in [5, 5.41) is 38.9. The second-order valence-electron chi connectivity index (χ2n) is 7.87. The van der Waals surface area contributed by atoms with Gasteiger partial charge in [0.05, 0.1) is 18.8 Å². The molecule has 0 saturated carbocycles. The molecule has 176 valence electrons. The van der Waals surface area contributed by atoms with Gasteiger partial charge in [0.25, 0.3) is 0 Å². The van der Waals surface area contributed by atoms with E-state index in [4.69, 9.17) is 14.6 Å². The Balaban J connectivity index is 2.07. The Bertz CT molecular complexity index is 840. The summed E-state index contributed by atoms with van der Waals surface area (Å²) >= 11 is 0. The van der Waals surface area contributed by atoms with Crippen LogP contribution in [-0.4, -0.2) is 39.6 Å². The number of aliphatic hydroxyl groups excluding tert-OH is 1. The monoisotopic (exact) mass is 446 g/mol. The molecule has 0 aliphatic carbocycles. The molecule has 0 aliphatic heterocycles. The van der Waals surface area contributed by atoms with Gasteiger partial charge in [0, 0.05) is 6.07 Å². The van der Waals surface area contributed by atoms with Gasteiger partial charge in [-0.2, -0.15) is 0 Å². The van der Waals surface area contributed by atoms with E-state index < -0.39 is 12.6 Å². The van der Waals surface area contributed by atoms with E-state index >= 15 is 0 Å². The molecule has 0 aliphatic rings. The van der Waals surface area contributed by atoms with Crippen molar-refractivity contribution < 1.29 is 34.7 Å². The number of phenolic OH excluding ortho intramolecular Hbond substituents is 2. The van der Waals surface area contributed by atoms with E-state index in [1.165, 1.54) is 56.7 Å². The predicted molar refractivity (Wildman–Crippen MR) is 122 cm³/mol. The molecule has 0 amide bonds. The molecule has 0 atom stereocenters. The van der Waals surface area contributed by atoms with Crippen LogP contribution in [0.5, 0.6) is 23.0 Å². The van der Waals surface area contributed by atoms with Gasteiger partial charge in [0.15, 0.2) is 6.61 Å². The van der Waals surface area contributed by atoms with Crippen molar-refractivity contribution >= 4 is 5.97 Å². The van der Waals surface area contributed by atoms with Crippen LogP contribution in [0, 0.1) is 0 Å². The van der Waals surface area contributed by atoms with Gasteiger partial charge in [0.1, 0.15) is 23.0 Å². The van der Waals surface area contributed by atoms with Crippen LogP contribution in [0.1, 0.15) is 63.9 Å². The van der Waals surface area contributed by atoms with Crippen molar-refractivity contribution in [1.82, 2.24) is 0 Å². The first kappa shape index (κ1) is 25.3. The van der Waals surface area contributed by atoms with Crippen LogP contribution in [0.25, 0.3) is 11.1 Å². The van der Waals surface area contributed by atoms with Gasteiger partial charge in [-0.15, -0.1) is 0 Å². The zero-order valence-electron chi connectivity index (χ0n) is 18.7. The van der Waals surface area contributed by atoms with Crippen molar-refractivity contribution in [2.45, 2.75) is 64.9 Å². The lowest BCUT2D eigenvalue weighted by atomic mass is 10.0. The van der Waals surface area contributed by atoms with Gasteiger partial charge in [-0.3, -0.25) is 0 Å². The third-order valence-electron chi connectivity index (χ3n) is 5.14. The summed E-state index contributed by atoms with van der Waals surface area (Å²) < 4.78 is 11.2. The van der Waals surface area contributed by atoms with E-state index in [0.29, 0.717) is 23.5 Å². The standard InChI is InChI=1S/C25H34O7/c1-2-3-4-5-6-7-8-9-10-31-20-13-19(14-21(15-20)32-17-24(29)30)25-22(27)11-18(16-26)12-23(25)28/h11-15,26-28H,2-10,16-17H2,1H3,(H,29,30). The molecular formula is C25H34O7. The van der Waals surface area contributed by atoms with E-state index in [0.717, 1.165) is 12.8 Å². The third-order valence-corrected chi connectivity index (χ3v) is 5.14. The molecule has 0 bridgehead atoms. The molecule has 0 unspecified atom stereocenters. The van der Waals surface area contributed by atoms with E-state index in [-0.39, 0.29) is 29.4 Å². The number of carboxylic acid groups (broad SMARTS) is 1. The summed E-state index contributed by atoms with van der Waals surface area (Å²) in [4.78, 5) is 10.9. The first-order valence-corrected chi connectivity index (χ1v) is 11.2. The van der Waals surface area contributed by atoms with Crippen molar-refractivity contribution in [3.8, 4) is 34.1 Å². The largest absolute Gasteiger partial charge is 0.507 e. The molecule has 32 heavy (non-hydrogen) atoms. The minimum absolute atomic E-state index is 0.153. The number of unbranched alkanes of at least 4 members (excludes halogenated alkanes) is 7. The van der Waals surface area contributed by atoms with E-state index in [9.17, 15) is 20.1 Å². The maximum absolute atomic E-state index is 10.9. The molecule has 7 heteroatoms. The number of hydrogen-bond acceptors (Lipinski definition) is 6. The molecule has 0 heterocycles. The number of aromatic hydroxyl groups is 2. The van der Waals surface area contributed by atoms with Crippen molar-refractivity contribution in [2.75, 3.05) is 13.2 Å². The molecule has 0 saturated heterocycles. The lowest BCUT2D eigenvalue weighted by molar-refractivity contribution is -0.139. The first-order chi connectivity index (χ1) is 15.4. The molecule has 2 rings (SSSR count). The number of rotatable bonds is 15. The number of hydrogen-bond donors (Lipinski definition) is 4. The molecule has 4 N–H and O–H groups in total. The van der Waals surface area contributed by atoms with Gasteiger partial charge in [0.2, 0.25) is 0 Å². The Morgan fingerprint density at radius 1 is 0.812 bits per heavy atom. The highest BCUT2D eigenvalue weighted by atomic mass is 16.5. The SMILES string of the molecule is CCCCCCCCCCOc1cc(OCC(=O)O)cc(-c2c(O)cc(CO)cc2O)c1. The normalized spacial score (nSPS) is 10.8. The van der Waals surface area contributed by atoms with Gasteiger partial charge in [-0.25, -0.2) is 4.79 Å². The topological polar surface area (TPSA) is 116 Å². The van der Waals surface area contributed by atoms with Crippen molar-refractivity contribution in [1.29, 1.82) is 0 Å². The summed E-state index contributed by atoms with van der Waals surface area (Å²) in [6, 6.07) is 7.50. The van der Waals surface area contributed by atoms with Crippen LogP contribution in [0.3, 0.4) is 0 Å². The number of ether oxygens (including phenoxy) is 2. The molecular weight excluding hydrogens is 412 g/mol. The summed E-state index contributed by atoms with van der Waals surface area (Å²) in [5.74, 6) is -0.830. The smallest absolute Gasteiger partial charge is 0.341 e. The molecule has 0 fully saturated rings. The molecule has 0 radical (unpaired) electrons. The first-order valence-electron chi connectivity index (χ1n) is 11.2. The van der Waals surface area contributed by atoms with Crippen LogP contribution in [0.4, 0.5) is 0 Å². The van der Waals surface area contributed by atoms with Crippen molar-refractivity contribution in [3.63, 3.8) is 0 Å². The summed E-state index contributed by atoms with van der Waals surface area (Å²) in [5.41, 5.74) is 0.936. The highest BCUT2D eigenvalue weighted by Crippen LogP contribution is 2.41. The zero-order valence-corrected chi connectivity index (χ0v) is 18.7. The Kier molecular flexibility index (Phi) is 10.7. The Labute approximate surface area is 189 Å². The quantitative estimate of drug-likeness (QED) is 0.276. The second kappa shape index (κ2) is 13.5. The summed E-state index contributed by atoms with van der Waals surface area (Å²) in [6.45, 7) is 1.86. The van der Waals surface area contributed by atoms with Crippen LogP contribution in [-0.2, 0) is 11.4 Å². The number of aliphatic hydroxyl groups is 1. The van der Waals surface area contributed by atoms with Crippen LogP contribution >= 0.6 is 0 Å². The van der Waals surface area contributed by atoms with Crippen molar-refractivity contribution in [3.05, 3.63) is 35.9 Å². The Hall–Kier alpha value is -2.93. The van der Waals surface area contributed by atoms with Gasteiger partial charge in [-0.1, -0.05) is 51.9 Å². The molecule has 0 aromatic heterocycles. The molecule has 7 nitrogen and oxygen atoms in total. The van der Waals surface area contributed by atoms with Crippen LogP contribution in [0.15, 0.2) is 30.3 Å². The minimum Gasteiger partial charge on any atom is -0.507 e. The number of carbonyl (C=O) groups is 1. The minimum atomic E-state index is -1.12. The number of phenols is 2. The Morgan fingerprint density at radius 2 is 1.38 bits per heavy atom. The highest BCUT2D eigenvalue weighted by molar-refractivity contribution is 5.79. The number of aliphatic carboxylic acids is 1. The highest BCUT2D eigenvalue weighted by Gasteiger charge is 2.15. The van der Waals surface area contributed by atoms with E-state index in [1.54, 1.807) is 12.1 Å². The molecule has 2 aromatic carbocycles. The predicted octanol–water partition coefficient (Wildman–Crippen LogP) is 5.24. The van der Waals surface area contributed by atoms with Crippen molar-refractivity contribution in [2.24, 2.45) is 0 Å². The second-order valence-corrected chi connectivity index (χ2v) is 7.87. The lowest BCUT2D eigenvalue weighted by Crippen LogP contribution is -2.09. The van der Waals surface area contributed by atoms with Crippen LogP contribution < -0.4 is 9.47 Å². The maximum atomic E-state index is 10.9. The Morgan fingerprint density at radius 3 is 1.94 bits per heavy atom. The molecule has 2 aromatic rings. The summed E-state index contributed by atoms with van der Waals surface area (Å²) in [7, 11) is 0. The van der Waals surface area contributed by atoms with Gasteiger partial charge in [-0.05, 0) is 41.8 Å². The number of benzene rings is 2. The fraction of sp³-hybridized carbons (Fsp3) is 0.480. The van der Waals surface area contributed by atoms with E-state index in [1.807, 2.05) is 0 Å². The molecule has 0 spiro atoms. The fourth-order valence-electron chi connectivity index (χ4n) is 3.51. The lowest BCUT2D eigenvalue weighted by Gasteiger charge is -2.14. The van der Waals surface area contributed by atoms with Gasteiger partial charge < -0.3 is 29.9 Å². The van der Waals surface area contributed by atoms with E-state index in [2.05, 4.69) is 6.92 Å². The number of carboxylic acids is 1.